The molecule has 8 heteroatoms. The molecule has 1 unspecified atom stereocenters. The molecule has 0 spiro atoms. The van der Waals surface area contributed by atoms with Crippen molar-refractivity contribution in [2.75, 3.05) is 19.8 Å². The van der Waals surface area contributed by atoms with Crippen LogP contribution in [0.2, 0.25) is 0 Å². The minimum absolute atomic E-state index is 0.0513. The molecule has 0 saturated carbocycles. The largest absolute Gasteiger partial charge is 0.381 e. The minimum Gasteiger partial charge on any atom is -0.381 e. The molecule has 1 atom stereocenters. The van der Waals surface area contributed by atoms with E-state index >= 15 is 0 Å². The Labute approximate surface area is 116 Å². The maximum atomic E-state index is 13.7. The van der Waals surface area contributed by atoms with Gasteiger partial charge in [-0.05, 0) is 30.0 Å². The molecule has 1 aromatic rings. The first-order chi connectivity index (χ1) is 9.44. The first-order valence-electron chi connectivity index (χ1n) is 6.19. The lowest BCUT2D eigenvalue weighted by Gasteiger charge is -2.12. The van der Waals surface area contributed by atoms with E-state index in [1.165, 1.54) is 0 Å². The number of hydrogen-bond acceptors (Lipinski definition) is 4. The predicted molar refractivity (Wildman–Crippen MR) is 68.4 cm³/mol. The Hall–Kier alpha value is -1.09. The number of ether oxygens (including phenoxy) is 1. The van der Waals surface area contributed by atoms with Crippen LogP contribution < -0.4 is 10.5 Å². The maximum absolute atomic E-state index is 13.7. The zero-order valence-electron chi connectivity index (χ0n) is 10.7. The monoisotopic (exact) mass is 306 g/mol. The summed E-state index contributed by atoms with van der Waals surface area (Å²) < 4.78 is 58.5. The zero-order valence-corrected chi connectivity index (χ0v) is 11.6. The van der Waals surface area contributed by atoms with Crippen molar-refractivity contribution in [2.24, 2.45) is 11.7 Å². The highest BCUT2D eigenvalue weighted by Gasteiger charge is 2.25. The lowest BCUT2D eigenvalue weighted by Crippen LogP contribution is -2.30. The molecule has 0 amide bonds. The summed E-state index contributed by atoms with van der Waals surface area (Å²) in [5, 5.41) is 0. The number of nitrogens with two attached hydrogens (primary N) is 1. The summed E-state index contributed by atoms with van der Waals surface area (Å²) in [4.78, 5) is -0.711. The van der Waals surface area contributed by atoms with Crippen LogP contribution in [0, 0.1) is 17.6 Å². The van der Waals surface area contributed by atoms with E-state index in [2.05, 4.69) is 4.72 Å². The van der Waals surface area contributed by atoms with Crippen molar-refractivity contribution in [1.29, 1.82) is 0 Å². The van der Waals surface area contributed by atoms with Gasteiger partial charge >= 0.3 is 0 Å². The standard InChI is InChI=1S/C12H16F2N2O3S/c13-10-3-9(5-15)4-11(12(10)14)20(17,18)16-6-8-1-2-19-7-8/h3-4,8,16H,1-2,5-7,15H2. The van der Waals surface area contributed by atoms with Gasteiger partial charge in [-0.3, -0.25) is 0 Å². The number of hydrogen-bond donors (Lipinski definition) is 2. The van der Waals surface area contributed by atoms with Crippen LogP contribution >= 0.6 is 0 Å². The van der Waals surface area contributed by atoms with Crippen LogP contribution in [0.1, 0.15) is 12.0 Å². The Balaban J connectivity index is 2.21. The molecule has 112 valence electrons. The van der Waals surface area contributed by atoms with Gasteiger partial charge in [0.1, 0.15) is 4.90 Å². The number of rotatable bonds is 5. The maximum Gasteiger partial charge on any atom is 0.243 e. The van der Waals surface area contributed by atoms with E-state index in [-0.39, 0.29) is 24.6 Å². The molecule has 0 bridgehead atoms. The molecular weight excluding hydrogens is 290 g/mol. The van der Waals surface area contributed by atoms with E-state index in [4.69, 9.17) is 10.5 Å². The Kier molecular flexibility index (Phi) is 4.69. The van der Waals surface area contributed by atoms with Gasteiger partial charge in [-0.2, -0.15) is 0 Å². The summed E-state index contributed by atoms with van der Waals surface area (Å²) in [7, 11) is -4.11. The summed E-state index contributed by atoms with van der Waals surface area (Å²) >= 11 is 0. The summed E-state index contributed by atoms with van der Waals surface area (Å²) in [6, 6.07) is 1.94. The van der Waals surface area contributed by atoms with Gasteiger partial charge < -0.3 is 10.5 Å². The van der Waals surface area contributed by atoms with Gasteiger partial charge in [0.2, 0.25) is 10.0 Å². The van der Waals surface area contributed by atoms with Gasteiger partial charge in [-0.1, -0.05) is 0 Å². The van der Waals surface area contributed by atoms with Crippen molar-refractivity contribution in [2.45, 2.75) is 17.9 Å². The Morgan fingerprint density at radius 3 is 2.75 bits per heavy atom. The molecule has 1 fully saturated rings. The van der Waals surface area contributed by atoms with E-state index in [9.17, 15) is 17.2 Å². The third-order valence-electron chi connectivity index (χ3n) is 3.17. The average molecular weight is 306 g/mol. The topological polar surface area (TPSA) is 81.4 Å². The van der Waals surface area contributed by atoms with Crippen LogP contribution in [0.5, 0.6) is 0 Å². The van der Waals surface area contributed by atoms with Crippen molar-refractivity contribution in [3.63, 3.8) is 0 Å². The molecule has 0 radical (unpaired) electrons. The van der Waals surface area contributed by atoms with E-state index < -0.39 is 26.6 Å². The molecule has 0 aromatic heterocycles. The quantitative estimate of drug-likeness (QED) is 0.840. The highest BCUT2D eigenvalue weighted by atomic mass is 32.2. The van der Waals surface area contributed by atoms with Gasteiger partial charge in [-0.25, -0.2) is 21.9 Å². The normalized spacial score (nSPS) is 19.4. The second kappa shape index (κ2) is 6.13. The molecule has 1 aliphatic heterocycles. The van der Waals surface area contributed by atoms with Gasteiger partial charge in [0, 0.05) is 19.7 Å². The Morgan fingerprint density at radius 2 is 2.15 bits per heavy atom. The molecule has 20 heavy (non-hydrogen) atoms. The van der Waals surface area contributed by atoms with Gasteiger partial charge in [-0.15, -0.1) is 0 Å². The highest BCUT2D eigenvalue weighted by Crippen LogP contribution is 2.20. The van der Waals surface area contributed by atoms with Gasteiger partial charge in [0.05, 0.1) is 6.61 Å². The fraction of sp³-hybridized carbons (Fsp3) is 0.500. The smallest absolute Gasteiger partial charge is 0.243 e. The fourth-order valence-corrected chi connectivity index (χ4v) is 3.23. The first kappa shape index (κ1) is 15.3. The molecule has 1 heterocycles. The van der Waals surface area contributed by atoms with Crippen LogP contribution in [-0.4, -0.2) is 28.2 Å². The highest BCUT2D eigenvalue weighted by molar-refractivity contribution is 7.89. The summed E-state index contributed by atoms with van der Waals surface area (Å²) in [6.07, 6.45) is 0.738. The second-order valence-electron chi connectivity index (χ2n) is 4.68. The molecule has 3 N–H and O–H groups in total. The third-order valence-corrected chi connectivity index (χ3v) is 4.59. The molecule has 1 aromatic carbocycles. The van der Waals surface area contributed by atoms with Gasteiger partial charge in [0.15, 0.2) is 11.6 Å². The van der Waals surface area contributed by atoms with Crippen LogP contribution in [0.15, 0.2) is 17.0 Å². The summed E-state index contributed by atoms with van der Waals surface area (Å²) in [6.45, 7) is 1.10. The fourth-order valence-electron chi connectivity index (χ4n) is 1.98. The van der Waals surface area contributed by atoms with Crippen molar-refractivity contribution < 1.29 is 21.9 Å². The molecular formula is C12H16F2N2O3S. The lowest BCUT2D eigenvalue weighted by molar-refractivity contribution is 0.186. The number of halogens is 2. The molecule has 1 saturated heterocycles. The van der Waals surface area contributed by atoms with Crippen LogP contribution in [0.25, 0.3) is 0 Å². The average Bonchev–Trinajstić information content (AvgIpc) is 2.92. The SMILES string of the molecule is NCc1cc(F)c(F)c(S(=O)(=O)NCC2CCOC2)c1. The number of sulfonamides is 1. The van der Waals surface area contributed by atoms with Gasteiger partial charge in [0.25, 0.3) is 0 Å². The van der Waals surface area contributed by atoms with E-state index in [0.717, 1.165) is 18.6 Å². The molecule has 0 aliphatic carbocycles. The molecule has 1 aliphatic rings. The summed E-state index contributed by atoms with van der Waals surface area (Å²) in [5.74, 6) is -2.56. The van der Waals surface area contributed by atoms with E-state index in [0.29, 0.717) is 13.2 Å². The molecule has 5 nitrogen and oxygen atoms in total. The van der Waals surface area contributed by atoms with Crippen LogP contribution in [-0.2, 0) is 21.3 Å². The summed E-state index contributed by atoms with van der Waals surface area (Å²) in [5.41, 5.74) is 5.55. The predicted octanol–water partition coefficient (Wildman–Crippen LogP) is 0.738. The van der Waals surface area contributed by atoms with Crippen LogP contribution in [0.3, 0.4) is 0 Å². The van der Waals surface area contributed by atoms with Crippen molar-refractivity contribution in [1.82, 2.24) is 4.72 Å². The minimum atomic E-state index is -4.11. The first-order valence-corrected chi connectivity index (χ1v) is 7.67. The van der Waals surface area contributed by atoms with E-state index in [1.54, 1.807) is 0 Å². The van der Waals surface area contributed by atoms with Crippen molar-refractivity contribution in [3.05, 3.63) is 29.3 Å². The van der Waals surface area contributed by atoms with E-state index in [1.807, 2.05) is 0 Å². The van der Waals surface area contributed by atoms with Crippen LogP contribution in [0.4, 0.5) is 8.78 Å². The zero-order chi connectivity index (χ0) is 14.8. The van der Waals surface area contributed by atoms with Crippen molar-refractivity contribution >= 4 is 10.0 Å². The Bertz CT molecular complexity index is 587. The lowest BCUT2D eigenvalue weighted by atomic mass is 10.1. The number of nitrogens with one attached hydrogen (secondary N) is 1. The molecule has 2 rings (SSSR count). The second-order valence-corrected chi connectivity index (χ2v) is 6.41. The van der Waals surface area contributed by atoms with Crippen molar-refractivity contribution in [3.8, 4) is 0 Å². The Morgan fingerprint density at radius 1 is 1.40 bits per heavy atom. The number of benzene rings is 1. The third kappa shape index (κ3) is 3.32.